The fourth-order valence-corrected chi connectivity index (χ4v) is 3.31. The summed E-state index contributed by atoms with van der Waals surface area (Å²) < 4.78 is 2.06. The van der Waals surface area contributed by atoms with Crippen LogP contribution in [-0.2, 0) is 0 Å². The van der Waals surface area contributed by atoms with Crippen molar-refractivity contribution >= 4 is 5.69 Å². The van der Waals surface area contributed by atoms with Gasteiger partial charge in [0, 0.05) is 24.4 Å². The Morgan fingerprint density at radius 2 is 2.21 bits per heavy atom. The number of benzene rings is 1. The van der Waals surface area contributed by atoms with Gasteiger partial charge in [-0.15, -0.1) is 0 Å². The molecule has 0 radical (unpaired) electrons. The zero-order valence-corrected chi connectivity index (χ0v) is 10.7. The molecule has 0 bridgehead atoms. The van der Waals surface area contributed by atoms with Crippen molar-refractivity contribution in [1.29, 1.82) is 0 Å². The summed E-state index contributed by atoms with van der Waals surface area (Å²) in [7, 11) is 0. The molecular weight excluding hydrogens is 234 g/mol. The lowest BCUT2D eigenvalue weighted by atomic mass is 9.71. The fraction of sp³-hybridized carbons (Fsp3) is 0.312. The first kappa shape index (κ1) is 10.9. The zero-order valence-electron chi connectivity index (χ0n) is 10.7. The summed E-state index contributed by atoms with van der Waals surface area (Å²) in [5.74, 6) is 1.62. The lowest BCUT2D eigenvalue weighted by molar-refractivity contribution is 0.218. The van der Waals surface area contributed by atoms with Crippen molar-refractivity contribution in [2.75, 3.05) is 5.32 Å². The number of hydrogen-bond donors (Lipinski definition) is 1. The summed E-state index contributed by atoms with van der Waals surface area (Å²) >= 11 is 0. The van der Waals surface area contributed by atoms with Gasteiger partial charge in [-0.3, -0.25) is 0 Å². The number of para-hydroxylation sites is 2. The summed E-state index contributed by atoms with van der Waals surface area (Å²) in [4.78, 5) is 4.13. The van der Waals surface area contributed by atoms with Crippen LogP contribution in [-0.4, -0.2) is 15.6 Å². The van der Waals surface area contributed by atoms with Crippen LogP contribution in [0.4, 0.5) is 5.69 Å². The SMILES string of the molecule is C1=CC2C(C1)CC2Nc1ccccc1-n1ccnc1. The average Bonchev–Trinajstić information content (AvgIpc) is 3.06. The lowest BCUT2D eigenvalue weighted by Crippen LogP contribution is -2.43. The summed E-state index contributed by atoms with van der Waals surface area (Å²) in [6.45, 7) is 0. The Balaban J connectivity index is 1.60. The predicted octanol–water partition coefficient (Wildman–Crippen LogP) is 3.25. The smallest absolute Gasteiger partial charge is 0.0992 e. The van der Waals surface area contributed by atoms with Gasteiger partial charge < -0.3 is 9.88 Å². The first-order valence-electron chi connectivity index (χ1n) is 6.92. The molecule has 4 rings (SSSR count). The number of rotatable bonds is 3. The van der Waals surface area contributed by atoms with Crippen LogP contribution in [0.15, 0.2) is 55.1 Å². The molecule has 1 heterocycles. The van der Waals surface area contributed by atoms with E-state index in [1.54, 1.807) is 0 Å². The van der Waals surface area contributed by atoms with Crippen molar-refractivity contribution in [1.82, 2.24) is 9.55 Å². The van der Waals surface area contributed by atoms with E-state index in [0.29, 0.717) is 6.04 Å². The Labute approximate surface area is 113 Å². The minimum Gasteiger partial charge on any atom is -0.380 e. The van der Waals surface area contributed by atoms with Crippen molar-refractivity contribution in [3.05, 3.63) is 55.1 Å². The first-order valence-corrected chi connectivity index (χ1v) is 6.92. The lowest BCUT2D eigenvalue weighted by Gasteiger charge is -2.41. The molecule has 0 amide bonds. The van der Waals surface area contributed by atoms with Gasteiger partial charge in [0.1, 0.15) is 0 Å². The molecule has 3 atom stereocenters. The molecule has 1 N–H and O–H groups in total. The number of fused-ring (bicyclic) bond motifs is 1. The van der Waals surface area contributed by atoms with Crippen LogP contribution in [0.25, 0.3) is 5.69 Å². The quantitative estimate of drug-likeness (QED) is 0.849. The molecule has 2 aliphatic rings. The summed E-state index contributed by atoms with van der Waals surface area (Å²) in [6, 6.07) is 9.03. The average molecular weight is 251 g/mol. The number of anilines is 1. The highest BCUT2D eigenvalue weighted by atomic mass is 15.1. The first-order chi connectivity index (χ1) is 9.42. The van der Waals surface area contributed by atoms with Crippen molar-refractivity contribution in [2.45, 2.75) is 18.9 Å². The number of imidazole rings is 1. The van der Waals surface area contributed by atoms with Crippen molar-refractivity contribution in [3.8, 4) is 5.69 Å². The predicted molar refractivity (Wildman–Crippen MR) is 76.3 cm³/mol. The van der Waals surface area contributed by atoms with E-state index in [0.717, 1.165) is 11.8 Å². The van der Waals surface area contributed by atoms with Gasteiger partial charge in [-0.1, -0.05) is 24.3 Å². The van der Waals surface area contributed by atoms with Gasteiger partial charge in [-0.2, -0.15) is 0 Å². The van der Waals surface area contributed by atoms with Crippen LogP contribution in [0, 0.1) is 11.8 Å². The Kier molecular flexibility index (Phi) is 2.44. The van der Waals surface area contributed by atoms with Crippen LogP contribution < -0.4 is 5.32 Å². The van der Waals surface area contributed by atoms with E-state index in [-0.39, 0.29) is 0 Å². The van der Waals surface area contributed by atoms with Crippen LogP contribution in [0.3, 0.4) is 0 Å². The van der Waals surface area contributed by atoms with E-state index in [1.165, 1.54) is 24.2 Å². The van der Waals surface area contributed by atoms with E-state index < -0.39 is 0 Å². The molecule has 2 aromatic rings. The Morgan fingerprint density at radius 1 is 1.26 bits per heavy atom. The van der Waals surface area contributed by atoms with Gasteiger partial charge in [0.2, 0.25) is 0 Å². The molecule has 3 unspecified atom stereocenters. The van der Waals surface area contributed by atoms with Crippen LogP contribution in [0.5, 0.6) is 0 Å². The maximum absolute atomic E-state index is 4.13. The fourth-order valence-electron chi connectivity index (χ4n) is 3.31. The molecule has 0 spiro atoms. The highest BCUT2D eigenvalue weighted by molar-refractivity contribution is 5.62. The maximum Gasteiger partial charge on any atom is 0.0992 e. The normalized spacial score (nSPS) is 27.9. The topological polar surface area (TPSA) is 29.9 Å². The molecule has 2 aliphatic carbocycles. The van der Waals surface area contributed by atoms with Crippen molar-refractivity contribution in [2.24, 2.45) is 11.8 Å². The van der Waals surface area contributed by atoms with E-state index in [9.17, 15) is 0 Å². The van der Waals surface area contributed by atoms with Gasteiger partial charge in [-0.05, 0) is 30.9 Å². The van der Waals surface area contributed by atoms with E-state index in [4.69, 9.17) is 0 Å². The third-order valence-electron chi connectivity index (χ3n) is 4.39. The van der Waals surface area contributed by atoms with Crippen molar-refractivity contribution < 1.29 is 0 Å². The number of hydrogen-bond acceptors (Lipinski definition) is 2. The standard InChI is InChI=1S/C16H17N3/c1-2-7-16(19-9-8-17-11-19)14(6-1)18-15-10-12-4-3-5-13(12)15/h1-3,5-9,11-13,15,18H,4,10H2. The maximum atomic E-state index is 4.13. The second kappa shape index (κ2) is 4.26. The number of aromatic nitrogens is 2. The third-order valence-corrected chi connectivity index (χ3v) is 4.39. The van der Waals surface area contributed by atoms with Gasteiger partial charge in [0.05, 0.1) is 17.7 Å². The zero-order chi connectivity index (χ0) is 12.7. The molecule has 1 aromatic heterocycles. The van der Waals surface area contributed by atoms with Crippen molar-refractivity contribution in [3.63, 3.8) is 0 Å². The van der Waals surface area contributed by atoms with E-state index >= 15 is 0 Å². The molecule has 3 heteroatoms. The molecule has 1 fully saturated rings. The minimum absolute atomic E-state index is 0.591. The van der Waals surface area contributed by atoms with Crippen LogP contribution >= 0.6 is 0 Å². The number of nitrogens with zero attached hydrogens (tertiary/aromatic N) is 2. The summed E-state index contributed by atoms with van der Waals surface area (Å²) in [5, 5.41) is 3.71. The van der Waals surface area contributed by atoms with Gasteiger partial charge in [0.25, 0.3) is 0 Å². The van der Waals surface area contributed by atoms with Gasteiger partial charge in [-0.25, -0.2) is 4.98 Å². The molecule has 19 heavy (non-hydrogen) atoms. The minimum atomic E-state index is 0.591. The monoisotopic (exact) mass is 251 g/mol. The highest BCUT2D eigenvalue weighted by Gasteiger charge is 2.41. The van der Waals surface area contributed by atoms with Crippen LogP contribution in [0.1, 0.15) is 12.8 Å². The Hall–Kier alpha value is -2.03. The molecule has 0 aliphatic heterocycles. The largest absolute Gasteiger partial charge is 0.380 e. The second-order valence-electron chi connectivity index (χ2n) is 5.47. The molecule has 1 aromatic carbocycles. The number of nitrogens with one attached hydrogen (secondary N) is 1. The summed E-state index contributed by atoms with van der Waals surface area (Å²) in [5.41, 5.74) is 2.37. The Morgan fingerprint density at radius 3 is 3.05 bits per heavy atom. The van der Waals surface area contributed by atoms with Crippen LogP contribution in [0.2, 0.25) is 0 Å². The molecule has 0 saturated heterocycles. The Bertz CT molecular complexity index is 600. The summed E-state index contributed by atoms with van der Waals surface area (Å²) in [6.07, 6.45) is 12.9. The molecule has 96 valence electrons. The van der Waals surface area contributed by atoms with Gasteiger partial charge in [0.15, 0.2) is 0 Å². The molecular formula is C16H17N3. The molecule has 1 saturated carbocycles. The molecule has 3 nitrogen and oxygen atoms in total. The number of allylic oxidation sites excluding steroid dienone is 1. The van der Waals surface area contributed by atoms with Gasteiger partial charge >= 0.3 is 0 Å². The second-order valence-corrected chi connectivity index (χ2v) is 5.47. The van der Waals surface area contributed by atoms with E-state index in [2.05, 4.69) is 51.3 Å². The third kappa shape index (κ3) is 1.77. The highest BCUT2D eigenvalue weighted by Crippen LogP contribution is 2.44. The van der Waals surface area contributed by atoms with E-state index in [1.807, 2.05) is 18.7 Å².